The second-order valence-electron chi connectivity index (χ2n) is 5.45. The van der Waals surface area contributed by atoms with E-state index >= 15 is 0 Å². The quantitative estimate of drug-likeness (QED) is 0.755. The molecule has 1 heterocycles. The first-order chi connectivity index (χ1) is 9.99. The maximum atomic E-state index is 12.3. The highest BCUT2D eigenvalue weighted by Crippen LogP contribution is 2.22. The van der Waals surface area contributed by atoms with Gasteiger partial charge in [0.1, 0.15) is 5.75 Å². The zero-order valence-electron chi connectivity index (χ0n) is 12.1. The maximum Gasteiger partial charge on any atom is 0.255 e. The van der Waals surface area contributed by atoms with Gasteiger partial charge in [-0.2, -0.15) is 0 Å². The van der Waals surface area contributed by atoms with E-state index in [9.17, 15) is 9.59 Å². The number of amides is 2. The SMILES string of the molecule is CC1(C(=O)Nc2ccc(OCC(N)=O)cc2)CCCCN1. The Morgan fingerprint density at radius 2 is 2.05 bits per heavy atom. The molecule has 4 N–H and O–H groups in total. The molecule has 6 nitrogen and oxygen atoms in total. The van der Waals surface area contributed by atoms with Gasteiger partial charge >= 0.3 is 0 Å². The molecule has 0 radical (unpaired) electrons. The zero-order valence-corrected chi connectivity index (χ0v) is 12.1. The van der Waals surface area contributed by atoms with Crippen LogP contribution in [0.25, 0.3) is 0 Å². The second-order valence-corrected chi connectivity index (χ2v) is 5.45. The van der Waals surface area contributed by atoms with Crippen LogP contribution in [0.4, 0.5) is 5.69 Å². The Morgan fingerprint density at radius 3 is 2.62 bits per heavy atom. The van der Waals surface area contributed by atoms with Crippen molar-refractivity contribution in [2.24, 2.45) is 5.73 Å². The molecule has 114 valence electrons. The molecule has 0 aliphatic carbocycles. The fraction of sp³-hybridized carbons (Fsp3) is 0.467. The first-order valence-corrected chi connectivity index (χ1v) is 7.07. The number of benzene rings is 1. The van der Waals surface area contributed by atoms with Crippen molar-refractivity contribution in [3.05, 3.63) is 24.3 Å². The summed E-state index contributed by atoms with van der Waals surface area (Å²) in [5.74, 6) is -0.0227. The lowest BCUT2D eigenvalue weighted by molar-refractivity contribution is -0.122. The summed E-state index contributed by atoms with van der Waals surface area (Å²) in [6.07, 6.45) is 2.99. The van der Waals surface area contributed by atoms with Crippen molar-refractivity contribution in [2.45, 2.75) is 31.7 Å². The summed E-state index contributed by atoms with van der Waals surface area (Å²) >= 11 is 0. The van der Waals surface area contributed by atoms with E-state index in [0.717, 1.165) is 25.8 Å². The normalized spacial score (nSPS) is 21.6. The van der Waals surface area contributed by atoms with Crippen molar-refractivity contribution >= 4 is 17.5 Å². The number of hydrogen-bond donors (Lipinski definition) is 3. The average Bonchev–Trinajstić information content (AvgIpc) is 2.47. The number of piperidine rings is 1. The molecule has 0 spiro atoms. The van der Waals surface area contributed by atoms with E-state index in [1.165, 1.54) is 0 Å². The van der Waals surface area contributed by atoms with E-state index < -0.39 is 11.4 Å². The molecule has 1 aliphatic rings. The molecular weight excluding hydrogens is 270 g/mol. The molecule has 1 unspecified atom stereocenters. The minimum absolute atomic E-state index is 0.0343. The molecule has 1 aliphatic heterocycles. The predicted octanol–water partition coefficient (Wildman–Crippen LogP) is 1.02. The van der Waals surface area contributed by atoms with Gasteiger partial charge in [0, 0.05) is 5.69 Å². The number of hydrogen-bond acceptors (Lipinski definition) is 4. The minimum Gasteiger partial charge on any atom is -0.484 e. The fourth-order valence-electron chi connectivity index (χ4n) is 2.31. The topological polar surface area (TPSA) is 93.4 Å². The van der Waals surface area contributed by atoms with Crippen molar-refractivity contribution in [1.29, 1.82) is 0 Å². The molecule has 1 aromatic carbocycles. The van der Waals surface area contributed by atoms with Gasteiger partial charge in [0.2, 0.25) is 5.91 Å². The van der Waals surface area contributed by atoms with Crippen molar-refractivity contribution in [3.8, 4) is 5.75 Å². The van der Waals surface area contributed by atoms with Gasteiger partial charge in [0.15, 0.2) is 6.61 Å². The molecule has 1 saturated heterocycles. The van der Waals surface area contributed by atoms with E-state index in [2.05, 4.69) is 10.6 Å². The lowest BCUT2D eigenvalue weighted by atomic mass is 9.90. The second kappa shape index (κ2) is 6.58. The smallest absolute Gasteiger partial charge is 0.255 e. The van der Waals surface area contributed by atoms with Gasteiger partial charge in [-0.1, -0.05) is 0 Å². The molecule has 0 saturated carbocycles. The number of nitrogens with one attached hydrogen (secondary N) is 2. The highest BCUT2D eigenvalue weighted by molar-refractivity contribution is 5.97. The summed E-state index contributed by atoms with van der Waals surface area (Å²) in [5.41, 5.74) is 5.19. The number of ether oxygens (including phenoxy) is 1. The molecular formula is C15H21N3O3. The molecule has 1 fully saturated rings. The summed E-state index contributed by atoms with van der Waals surface area (Å²) in [4.78, 5) is 23.0. The van der Waals surface area contributed by atoms with Crippen LogP contribution in [0.2, 0.25) is 0 Å². The highest BCUT2D eigenvalue weighted by Gasteiger charge is 2.34. The first-order valence-electron chi connectivity index (χ1n) is 7.07. The fourth-order valence-corrected chi connectivity index (χ4v) is 2.31. The third-order valence-corrected chi connectivity index (χ3v) is 3.61. The number of primary amides is 1. The van der Waals surface area contributed by atoms with Crippen LogP contribution in [0, 0.1) is 0 Å². The van der Waals surface area contributed by atoms with E-state index in [1.807, 2.05) is 6.92 Å². The van der Waals surface area contributed by atoms with Crippen molar-refractivity contribution in [3.63, 3.8) is 0 Å². The lowest BCUT2D eigenvalue weighted by Gasteiger charge is -2.33. The number of carbonyl (C=O) groups is 2. The Labute approximate surface area is 124 Å². The van der Waals surface area contributed by atoms with Crippen LogP contribution in [0.1, 0.15) is 26.2 Å². The molecule has 1 aromatic rings. The van der Waals surface area contributed by atoms with E-state index in [-0.39, 0.29) is 12.5 Å². The highest BCUT2D eigenvalue weighted by atomic mass is 16.5. The number of anilines is 1. The summed E-state index contributed by atoms with van der Waals surface area (Å²) in [7, 11) is 0. The van der Waals surface area contributed by atoms with E-state index in [1.54, 1.807) is 24.3 Å². The van der Waals surface area contributed by atoms with Crippen LogP contribution in [-0.4, -0.2) is 30.5 Å². The number of rotatable bonds is 5. The van der Waals surface area contributed by atoms with Crippen LogP contribution >= 0.6 is 0 Å². The molecule has 2 amide bonds. The Kier molecular flexibility index (Phi) is 4.80. The van der Waals surface area contributed by atoms with Crippen LogP contribution in [0.5, 0.6) is 5.75 Å². The van der Waals surface area contributed by atoms with Gasteiger partial charge in [-0.3, -0.25) is 9.59 Å². The van der Waals surface area contributed by atoms with Crippen LogP contribution in [0.15, 0.2) is 24.3 Å². The average molecular weight is 291 g/mol. The summed E-state index contributed by atoms with van der Waals surface area (Å²) in [5, 5.41) is 6.17. The van der Waals surface area contributed by atoms with Crippen LogP contribution < -0.4 is 21.1 Å². The standard InChI is InChI=1S/C15H21N3O3/c1-15(8-2-3-9-17-15)14(20)18-11-4-6-12(7-5-11)21-10-13(16)19/h4-7,17H,2-3,8-10H2,1H3,(H2,16,19)(H,18,20). The Bertz CT molecular complexity index is 507. The number of nitrogens with two attached hydrogens (primary N) is 1. The van der Waals surface area contributed by atoms with Gasteiger partial charge < -0.3 is 21.1 Å². The molecule has 0 bridgehead atoms. The molecule has 6 heteroatoms. The summed E-state index contributed by atoms with van der Waals surface area (Å²) in [6.45, 7) is 2.63. The molecule has 1 atom stereocenters. The van der Waals surface area contributed by atoms with Gasteiger partial charge in [0.25, 0.3) is 5.91 Å². The van der Waals surface area contributed by atoms with Gasteiger partial charge in [-0.25, -0.2) is 0 Å². The summed E-state index contributed by atoms with van der Waals surface area (Å²) in [6, 6.07) is 6.85. The largest absolute Gasteiger partial charge is 0.484 e. The van der Waals surface area contributed by atoms with Gasteiger partial charge in [0.05, 0.1) is 5.54 Å². The Hall–Kier alpha value is -2.08. The van der Waals surface area contributed by atoms with E-state index in [0.29, 0.717) is 11.4 Å². The maximum absolute atomic E-state index is 12.3. The van der Waals surface area contributed by atoms with Crippen molar-refractivity contribution in [1.82, 2.24) is 5.32 Å². The van der Waals surface area contributed by atoms with Crippen molar-refractivity contribution in [2.75, 3.05) is 18.5 Å². The monoisotopic (exact) mass is 291 g/mol. The zero-order chi connectivity index (χ0) is 15.3. The predicted molar refractivity (Wildman–Crippen MR) is 80.0 cm³/mol. The van der Waals surface area contributed by atoms with Crippen LogP contribution in [0.3, 0.4) is 0 Å². The lowest BCUT2D eigenvalue weighted by Crippen LogP contribution is -2.54. The van der Waals surface area contributed by atoms with Gasteiger partial charge in [-0.05, 0) is 57.0 Å². The third-order valence-electron chi connectivity index (χ3n) is 3.61. The Morgan fingerprint density at radius 1 is 1.33 bits per heavy atom. The van der Waals surface area contributed by atoms with Crippen molar-refractivity contribution < 1.29 is 14.3 Å². The molecule has 2 rings (SSSR count). The first kappa shape index (κ1) is 15.3. The summed E-state index contributed by atoms with van der Waals surface area (Å²) < 4.78 is 5.16. The Balaban J connectivity index is 1.93. The third kappa shape index (κ3) is 4.19. The minimum atomic E-state index is -0.524. The van der Waals surface area contributed by atoms with Gasteiger partial charge in [-0.15, -0.1) is 0 Å². The number of carbonyl (C=O) groups excluding carboxylic acids is 2. The van der Waals surface area contributed by atoms with E-state index in [4.69, 9.17) is 10.5 Å². The molecule has 21 heavy (non-hydrogen) atoms. The van der Waals surface area contributed by atoms with Crippen LogP contribution in [-0.2, 0) is 9.59 Å². The molecule has 0 aromatic heterocycles.